The van der Waals surface area contributed by atoms with E-state index in [1.165, 1.54) is 6.92 Å². The number of hydrogen-bond acceptors (Lipinski definition) is 4. The van der Waals surface area contributed by atoms with Crippen molar-refractivity contribution in [1.29, 1.82) is 0 Å². The van der Waals surface area contributed by atoms with Crippen molar-refractivity contribution in [3.63, 3.8) is 0 Å². The highest BCUT2D eigenvalue weighted by atomic mass is 16.2. The van der Waals surface area contributed by atoms with Crippen LogP contribution in [0.5, 0.6) is 0 Å². The van der Waals surface area contributed by atoms with Crippen LogP contribution < -0.4 is 16.0 Å². The van der Waals surface area contributed by atoms with Crippen LogP contribution in [-0.2, 0) is 25.6 Å². The van der Waals surface area contributed by atoms with Crippen molar-refractivity contribution < 1.29 is 19.2 Å². The number of benzene rings is 1. The van der Waals surface area contributed by atoms with Crippen molar-refractivity contribution in [2.75, 3.05) is 0 Å². The second-order valence-electron chi connectivity index (χ2n) is 6.57. The van der Waals surface area contributed by atoms with E-state index in [2.05, 4.69) is 16.0 Å². The molecule has 3 atom stereocenters. The van der Waals surface area contributed by atoms with Crippen molar-refractivity contribution in [1.82, 2.24) is 16.0 Å². The highest BCUT2D eigenvalue weighted by Gasteiger charge is 2.24. The average Bonchev–Trinajstić information content (AvgIpc) is 2.64. The van der Waals surface area contributed by atoms with E-state index in [0.29, 0.717) is 19.1 Å². The SMILES string of the molecule is CCCCC(C=O)NC(=O)C(C)NC(=O)C(Cc1ccccc1)NC(C)=O. The fourth-order valence-corrected chi connectivity index (χ4v) is 2.59. The molecule has 1 aromatic carbocycles. The Bertz CT molecular complexity index is 633. The van der Waals surface area contributed by atoms with Crippen LogP contribution in [0.3, 0.4) is 0 Å². The lowest BCUT2D eigenvalue weighted by Crippen LogP contribution is -2.54. The standard InChI is InChI=1S/C20H29N3O4/c1-4-5-11-17(13-24)23-19(26)14(2)21-20(27)18(22-15(3)25)12-16-9-7-6-8-10-16/h6-10,13-14,17-18H,4-5,11-12H2,1-3H3,(H,21,27)(H,22,25)(H,23,26). The van der Waals surface area contributed by atoms with Gasteiger partial charge in [-0.2, -0.15) is 0 Å². The Balaban J connectivity index is 2.68. The Kier molecular flexibility index (Phi) is 9.79. The molecule has 3 N–H and O–H groups in total. The first-order chi connectivity index (χ1) is 12.9. The Labute approximate surface area is 160 Å². The van der Waals surface area contributed by atoms with Gasteiger partial charge in [-0.05, 0) is 18.9 Å². The van der Waals surface area contributed by atoms with Crippen LogP contribution in [0.15, 0.2) is 30.3 Å². The monoisotopic (exact) mass is 375 g/mol. The second kappa shape index (κ2) is 11.8. The minimum absolute atomic E-state index is 0.314. The first-order valence-corrected chi connectivity index (χ1v) is 9.24. The summed E-state index contributed by atoms with van der Waals surface area (Å²) in [7, 11) is 0. The molecule has 0 heterocycles. The van der Waals surface area contributed by atoms with Gasteiger partial charge in [0.2, 0.25) is 17.7 Å². The number of carbonyl (C=O) groups is 4. The first-order valence-electron chi connectivity index (χ1n) is 9.24. The summed E-state index contributed by atoms with van der Waals surface area (Å²) < 4.78 is 0. The van der Waals surface area contributed by atoms with Gasteiger partial charge < -0.3 is 20.7 Å². The lowest BCUT2D eigenvalue weighted by Gasteiger charge is -2.22. The molecule has 0 aliphatic heterocycles. The Morgan fingerprint density at radius 1 is 1.04 bits per heavy atom. The lowest BCUT2D eigenvalue weighted by atomic mass is 10.0. The van der Waals surface area contributed by atoms with Crippen molar-refractivity contribution >= 4 is 24.0 Å². The molecule has 7 nitrogen and oxygen atoms in total. The molecule has 0 spiro atoms. The molecular formula is C20H29N3O4. The maximum atomic E-state index is 12.5. The molecule has 27 heavy (non-hydrogen) atoms. The summed E-state index contributed by atoms with van der Waals surface area (Å²) >= 11 is 0. The highest BCUT2D eigenvalue weighted by molar-refractivity contribution is 5.92. The van der Waals surface area contributed by atoms with E-state index in [-0.39, 0.29) is 5.91 Å². The molecule has 0 radical (unpaired) electrons. The summed E-state index contributed by atoms with van der Waals surface area (Å²) in [6.45, 7) is 4.88. The number of unbranched alkanes of at least 4 members (excludes halogenated alkanes) is 1. The molecule has 3 unspecified atom stereocenters. The molecular weight excluding hydrogens is 346 g/mol. The predicted molar refractivity (Wildman–Crippen MR) is 103 cm³/mol. The summed E-state index contributed by atoms with van der Waals surface area (Å²) in [5.74, 6) is -1.21. The van der Waals surface area contributed by atoms with E-state index in [9.17, 15) is 19.2 Å². The molecule has 0 aromatic heterocycles. The topological polar surface area (TPSA) is 104 Å². The van der Waals surface area contributed by atoms with E-state index in [4.69, 9.17) is 0 Å². The van der Waals surface area contributed by atoms with E-state index in [1.807, 2.05) is 37.3 Å². The minimum Gasteiger partial charge on any atom is -0.345 e. The fourth-order valence-electron chi connectivity index (χ4n) is 2.59. The zero-order valence-electron chi connectivity index (χ0n) is 16.2. The predicted octanol–water partition coefficient (Wildman–Crippen LogP) is 1.11. The van der Waals surface area contributed by atoms with Gasteiger partial charge in [-0.3, -0.25) is 14.4 Å². The third-order valence-electron chi connectivity index (χ3n) is 4.09. The van der Waals surface area contributed by atoms with Crippen LogP contribution in [0, 0.1) is 0 Å². The molecule has 0 saturated heterocycles. The van der Waals surface area contributed by atoms with Crippen LogP contribution in [0.1, 0.15) is 45.6 Å². The zero-order valence-corrected chi connectivity index (χ0v) is 16.2. The molecule has 148 valence electrons. The Morgan fingerprint density at radius 2 is 1.70 bits per heavy atom. The van der Waals surface area contributed by atoms with E-state index < -0.39 is 29.9 Å². The Morgan fingerprint density at radius 3 is 2.26 bits per heavy atom. The number of hydrogen-bond donors (Lipinski definition) is 3. The number of nitrogens with one attached hydrogen (secondary N) is 3. The van der Waals surface area contributed by atoms with Crippen LogP contribution in [0.4, 0.5) is 0 Å². The molecule has 0 aliphatic carbocycles. The zero-order chi connectivity index (χ0) is 20.2. The van der Waals surface area contributed by atoms with E-state index in [0.717, 1.165) is 18.4 Å². The largest absolute Gasteiger partial charge is 0.345 e. The van der Waals surface area contributed by atoms with Crippen molar-refractivity contribution in [2.24, 2.45) is 0 Å². The van der Waals surface area contributed by atoms with Crippen molar-refractivity contribution in [3.05, 3.63) is 35.9 Å². The molecule has 1 aromatic rings. The molecule has 1 rings (SSSR count). The van der Waals surface area contributed by atoms with Gasteiger partial charge >= 0.3 is 0 Å². The van der Waals surface area contributed by atoms with Gasteiger partial charge in [0, 0.05) is 13.3 Å². The maximum Gasteiger partial charge on any atom is 0.243 e. The Hall–Kier alpha value is -2.70. The van der Waals surface area contributed by atoms with Gasteiger partial charge in [0.05, 0.1) is 6.04 Å². The van der Waals surface area contributed by atoms with Gasteiger partial charge in [0.1, 0.15) is 18.4 Å². The molecule has 0 fully saturated rings. The van der Waals surface area contributed by atoms with Gasteiger partial charge in [-0.25, -0.2) is 0 Å². The van der Waals surface area contributed by atoms with Gasteiger partial charge in [0.15, 0.2) is 0 Å². The summed E-state index contributed by atoms with van der Waals surface area (Å²) in [5.41, 5.74) is 0.893. The van der Waals surface area contributed by atoms with Gasteiger partial charge in [-0.15, -0.1) is 0 Å². The van der Waals surface area contributed by atoms with Crippen LogP contribution in [0.25, 0.3) is 0 Å². The molecule has 0 saturated carbocycles. The number of aldehydes is 1. The number of amides is 3. The van der Waals surface area contributed by atoms with Gasteiger partial charge in [0.25, 0.3) is 0 Å². The molecule has 3 amide bonds. The third kappa shape index (κ3) is 8.48. The number of rotatable bonds is 11. The van der Waals surface area contributed by atoms with E-state index >= 15 is 0 Å². The quantitative estimate of drug-likeness (QED) is 0.504. The smallest absolute Gasteiger partial charge is 0.243 e. The van der Waals surface area contributed by atoms with Crippen molar-refractivity contribution in [2.45, 2.75) is 64.6 Å². The highest BCUT2D eigenvalue weighted by Crippen LogP contribution is 2.04. The fraction of sp³-hybridized carbons (Fsp3) is 0.500. The summed E-state index contributed by atoms with van der Waals surface area (Å²) in [4.78, 5) is 47.3. The second-order valence-corrected chi connectivity index (χ2v) is 6.57. The molecule has 0 aliphatic rings. The summed E-state index contributed by atoms with van der Waals surface area (Å²) in [5, 5.41) is 7.85. The lowest BCUT2D eigenvalue weighted by molar-refractivity contribution is -0.132. The van der Waals surface area contributed by atoms with Crippen LogP contribution >= 0.6 is 0 Å². The van der Waals surface area contributed by atoms with Crippen LogP contribution in [-0.4, -0.2) is 42.1 Å². The summed E-state index contributed by atoms with van der Waals surface area (Å²) in [6.07, 6.45) is 3.33. The molecule has 7 heteroatoms. The number of carbonyl (C=O) groups excluding carboxylic acids is 4. The normalized spacial score (nSPS) is 13.7. The van der Waals surface area contributed by atoms with E-state index in [1.54, 1.807) is 6.92 Å². The van der Waals surface area contributed by atoms with Crippen molar-refractivity contribution in [3.8, 4) is 0 Å². The van der Waals surface area contributed by atoms with Crippen LogP contribution in [0.2, 0.25) is 0 Å². The average molecular weight is 375 g/mol. The third-order valence-corrected chi connectivity index (χ3v) is 4.09. The minimum atomic E-state index is -0.825. The summed E-state index contributed by atoms with van der Waals surface area (Å²) in [6, 6.07) is 7.11. The van der Waals surface area contributed by atoms with Gasteiger partial charge in [-0.1, -0.05) is 50.1 Å². The molecule has 0 bridgehead atoms. The first kappa shape index (κ1) is 22.3. The maximum absolute atomic E-state index is 12.5.